The van der Waals surface area contributed by atoms with E-state index in [2.05, 4.69) is 22.3 Å². The molecule has 0 aliphatic carbocycles. The van der Waals surface area contributed by atoms with E-state index in [9.17, 15) is 4.79 Å². The smallest absolute Gasteiger partial charge is 0.217 e. The Labute approximate surface area is 138 Å². The molecule has 126 valence electrons. The Morgan fingerprint density at radius 1 is 1.35 bits per heavy atom. The van der Waals surface area contributed by atoms with Crippen LogP contribution in [0.2, 0.25) is 0 Å². The average Bonchev–Trinajstić information content (AvgIpc) is 3.02. The van der Waals surface area contributed by atoms with Gasteiger partial charge in [-0.1, -0.05) is 6.07 Å². The SMILES string of the molecule is CC(=O)NCc1cccc([C@@H]2CCCN2CC2CCOCC2)n1. The minimum absolute atomic E-state index is 0.0146. The fraction of sp³-hybridized carbons (Fsp3) is 0.667. The molecule has 5 heteroatoms. The monoisotopic (exact) mass is 317 g/mol. The van der Waals surface area contributed by atoms with E-state index in [-0.39, 0.29) is 5.91 Å². The lowest BCUT2D eigenvalue weighted by Crippen LogP contribution is -2.32. The molecule has 2 fully saturated rings. The summed E-state index contributed by atoms with van der Waals surface area (Å²) in [6.45, 7) is 6.19. The number of pyridine rings is 1. The molecule has 2 saturated heterocycles. The highest BCUT2D eigenvalue weighted by Gasteiger charge is 2.29. The zero-order valence-electron chi connectivity index (χ0n) is 14.0. The Morgan fingerprint density at radius 2 is 2.17 bits per heavy atom. The second kappa shape index (κ2) is 7.88. The largest absolute Gasteiger partial charge is 0.381 e. The van der Waals surface area contributed by atoms with Crippen LogP contribution in [0.4, 0.5) is 0 Å². The molecular weight excluding hydrogens is 290 g/mol. The number of nitrogens with zero attached hydrogens (tertiary/aromatic N) is 2. The van der Waals surface area contributed by atoms with Crippen LogP contribution < -0.4 is 5.32 Å². The first-order valence-electron chi connectivity index (χ1n) is 8.74. The number of aromatic nitrogens is 1. The third kappa shape index (κ3) is 4.52. The number of likely N-dealkylation sites (tertiary alicyclic amines) is 1. The van der Waals surface area contributed by atoms with Crippen molar-refractivity contribution in [3.63, 3.8) is 0 Å². The van der Waals surface area contributed by atoms with Gasteiger partial charge in [0.05, 0.1) is 24.0 Å². The van der Waals surface area contributed by atoms with Crippen molar-refractivity contribution in [3.8, 4) is 0 Å². The summed E-state index contributed by atoms with van der Waals surface area (Å²) in [5.74, 6) is 0.742. The van der Waals surface area contributed by atoms with Gasteiger partial charge in [-0.05, 0) is 50.3 Å². The molecule has 0 saturated carbocycles. The third-order valence-electron chi connectivity index (χ3n) is 4.89. The molecule has 23 heavy (non-hydrogen) atoms. The maximum Gasteiger partial charge on any atom is 0.217 e. The molecule has 0 aromatic carbocycles. The van der Waals surface area contributed by atoms with E-state index in [0.717, 1.165) is 37.1 Å². The van der Waals surface area contributed by atoms with Crippen LogP contribution in [-0.4, -0.2) is 42.1 Å². The Hall–Kier alpha value is -1.46. The van der Waals surface area contributed by atoms with Crippen molar-refractivity contribution in [3.05, 3.63) is 29.6 Å². The summed E-state index contributed by atoms with van der Waals surface area (Å²) in [6.07, 6.45) is 4.78. The van der Waals surface area contributed by atoms with E-state index in [4.69, 9.17) is 9.72 Å². The zero-order valence-corrected chi connectivity index (χ0v) is 14.0. The lowest BCUT2D eigenvalue weighted by molar-refractivity contribution is -0.119. The molecule has 2 aliphatic heterocycles. The normalized spacial score (nSPS) is 23.1. The van der Waals surface area contributed by atoms with Crippen LogP contribution in [0.3, 0.4) is 0 Å². The maximum absolute atomic E-state index is 11.1. The van der Waals surface area contributed by atoms with Crippen molar-refractivity contribution >= 4 is 5.91 Å². The molecule has 3 rings (SSSR count). The van der Waals surface area contributed by atoms with E-state index < -0.39 is 0 Å². The summed E-state index contributed by atoms with van der Waals surface area (Å²) in [6, 6.07) is 6.60. The molecule has 0 bridgehead atoms. The number of hydrogen-bond donors (Lipinski definition) is 1. The van der Waals surface area contributed by atoms with E-state index in [1.54, 1.807) is 0 Å². The Balaban J connectivity index is 1.64. The molecular formula is C18H27N3O2. The predicted octanol–water partition coefficient (Wildman–Crippen LogP) is 2.28. The standard InChI is InChI=1S/C18H27N3O2/c1-14(22)19-12-16-4-2-5-17(20-16)18-6-3-9-21(18)13-15-7-10-23-11-8-15/h2,4-5,15,18H,3,6-13H2,1H3,(H,19,22)/t18-/m0/s1. The molecule has 0 spiro atoms. The van der Waals surface area contributed by atoms with Gasteiger partial charge in [-0.15, -0.1) is 0 Å². The van der Waals surface area contributed by atoms with Crippen LogP contribution in [0, 0.1) is 5.92 Å². The van der Waals surface area contributed by atoms with Crippen molar-refractivity contribution in [2.24, 2.45) is 5.92 Å². The number of amides is 1. The second-order valence-electron chi connectivity index (χ2n) is 6.67. The quantitative estimate of drug-likeness (QED) is 0.905. The maximum atomic E-state index is 11.1. The van der Waals surface area contributed by atoms with Crippen molar-refractivity contribution in [1.82, 2.24) is 15.2 Å². The molecule has 2 aliphatic rings. The van der Waals surface area contributed by atoms with E-state index >= 15 is 0 Å². The molecule has 5 nitrogen and oxygen atoms in total. The van der Waals surface area contributed by atoms with Crippen LogP contribution in [0.15, 0.2) is 18.2 Å². The van der Waals surface area contributed by atoms with Crippen LogP contribution in [0.25, 0.3) is 0 Å². The van der Waals surface area contributed by atoms with E-state index in [1.165, 1.54) is 39.2 Å². The number of rotatable bonds is 5. The molecule has 0 radical (unpaired) electrons. The summed E-state index contributed by atoms with van der Waals surface area (Å²) in [7, 11) is 0. The Morgan fingerprint density at radius 3 is 2.96 bits per heavy atom. The zero-order chi connectivity index (χ0) is 16.1. The number of carbonyl (C=O) groups excluding carboxylic acids is 1. The highest BCUT2D eigenvalue weighted by Crippen LogP contribution is 2.32. The molecule has 3 heterocycles. The van der Waals surface area contributed by atoms with E-state index in [0.29, 0.717) is 12.6 Å². The van der Waals surface area contributed by atoms with Gasteiger partial charge >= 0.3 is 0 Å². The topological polar surface area (TPSA) is 54.5 Å². The van der Waals surface area contributed by atoms with Gasteiger partial charge in [0.1, 0.15) is 0 Å². The first kappa shape index (κ1) is 16.4. The molecule has 1 atom stereocenters. The molecule has 1 amide bonds. The lowest BCUT2D eigenvalue weighted by atomic mass is 9.99. The van der Waals surface area contributed by atoms with Crippen molar-refractivity contribution < 1.29 is 9.53 Å². The van der Waals surface area contributed by atoms with Gasteiger partial charge in [-0.25, -0.2) is 0 Å². The van der Waals surface area contributed by atoms with E-state index in [1.807, 2.05) is 6.07 Å². The third-order valence-corrected chi connectivity index (χ3v) is 4.89. The van der Waals surface area contributed by atoms with Crippen LogP contribution in [0.1, 0.15) is 50.0 Å². The average molecular weight is 317 g/mol. The van der Waals surface area contributed by atoms with Crippen LogP contribution >= 0.6 is 0 Å². The van der Waals surface area contributed by atoms with Gasteiger partial charge in [0.2, 0.25) is 5.91 Å². The van der Waals surface area contributed by atoms with Crippen LogP contribution in [0.5, 0.6) is 0 Å². The number of hydrogen-bond acceptors (Lipinski definition) is 4. The molecule has 0 unspecified atom stereocenters. The summed E-state index contributed by atoms with van der Waals surface area (Å²) >= 11 is 0. The molecule has 1 N–H and O–H groups in total. The number of carbonyl (C=O) groups is 1. The van der Waals surface area contributed by atoms with Gasteiger partial charge in [-0.3, -0.25) is 14.7 Å². The predicted molar refractivity (Wildman–Crippen MR) is 88.8 cm³/mol. The minimum atomic E-state index is -0.0146. The lowest BCUT2D eigenvalue weighted by Gasteiger charge is -2.30. The van der Waals surface area contributed by atoms with Crippen molar-refractivity contribution in [1.29, 1.82) is 0 Å². The second-order valence-corrected chi connectivity index (χ2v) is 6.67. The molecule has 1 aromatic rings. The first-order valence-corrected chi connectivity index (χ1v) is 8.74. The van der Waals surface area contributed by atoms with Gasteiger partial charge < -0.3 is 10.1 Å². The van der Waals surface area contributed by atoms with Gasteiger partial charge in [-0.2, -0.15) is 0 Å². The van der Waals surface area contributed by atoms with Crippen molar-refractivity contribution in [2.45, 2.75) is 45.2 Å². The summed E-state index contributed by atoms with van der Waals surface area (Å²) in [5.41, 5.74) is 2.09. The highest BCUT2D eigenvalue weighted by molar-refractivity contribution is 5.72. The van der Waals surface area contributed by atoms with Crippen molar-refractivity contribution in [2.75, 3.05) is 26.3 Å². The summed E-state index contributed by atoms with van der Waals surface area (Å²) < 4.78 is 5.47. The fourth-order valence-electron chi connectivity index (χ4n) is 3.64. The highest BCUT2D eigenvalue weighted by atomic mass is 16.5. The fourth-order valence-corrected chi connectivity index (χ4v) is 3.64. The van der Waals surface area contributed by atoms with Gasteiger partial charge in [0, 0.05) is 26.7 Å². The number of nitrogens with one attached hydrogen (secondary N) is 1. The minimum Gasteiger partial charge on any atom is -0.381 e. The Bertz CT molecular complexity index is 529. The van der Waals surface area contributed by atoms with Gasteiger partial charge in [0.25, 0.3) is 0 Å². The first-order chi connectivity index (χ1) is 11.2. The number of ether oxygens (including phenoxy) is 1. The summed E-state index contributed by atoms with van der Waals surface area (Å²) in [4.78, 5) is 18.5. The molecule has 1 aromatic heterocycles. The van der Waals surface area contributed by atoms with Gasteiger partial charge in [0.15, 0.2) is 0 Å². The Kier molecular flexibility index (Phi) is 5.62. The van der Waals surface area contributed by atoms with Crippen LogP contribution in [-0.2, 0) is 16.1 Å². The summed E-state index contributed by atoms with van der Waals surface area (Å²) in [5, 5.41) is 2.83.